The van der Waals surface area contributed by atoms with Crippen molar-refractivity contribution in [3.8, 4) is 0 Å². The Hall–Kier alpha value is -1.64. The highest BCUT2D eigenvalue weighted by Crippen LogP contribution is 2.24. The van der Waals surface area contributed by atoms with Crippen molar-refractivity contribution in [2.75, 3.05) is 0 Å². The molecule has 2 nitrogen and oxygen atoms in total. The predicted molar refractivity (Wildman–Crippen MR) is 85.7 cm³/mol. The van der Waals surface area contributed by atoms with Gasteiger partial charge in [0.1, 0.15) is 0 Å². The van der Waals surface area contributed by atoms with Gasteiger partial charge < -0.3 is 5.32 Å². The molecule has 1 saturated carbocycles. The molecule has 0 spiro atoms. The van der Waals surface area contributed by atoms with Crippen molar-refractivity contribution in [3.63, 3.8) is 0 Å². The molecule has 2 aromatic carbocycles. The van der Waals surface area contributed by atoms with Gasteiger partial charge in [-0.3, -0.25) is 4.90 Å². The Morgan fingerprint density at radius 2 is 1.62 bits per heavy atom. The number of fused-ring (bicyclic) bond motifs is 1. The van der Waals surface area contributed by atoms with E-state index in [2.05, 4.69) is 58.7 Å². The Labute approximate surface area is 126 Å². The standard InChI is InChI=1S/C19H22N2/c1-2-7-18-14-21(13-17(18)6-1)12-16-5-3-4-15(10-16)11-20-19-8-9-19/h1-7,10,19-20H,8-9,11-14H2. The van der Waals surface area contributed by atoms with Crippen LogP contribution in [0.25, 0.3) is 0 Å². The molecule has 0 amide bonds. The second kappa shape index (κ2) is 5.63. The lowest BCUT2D eigenvalue weighted by molar-refractivity contribution is 0.275. The lowest BCUT2D eigenvalue weighted by Gasteiger charge is -2.15. The number of hydrogen-bond acceptors (Lipinski definition) is 2. The normalized spacial score (nSPS) is 17.9. The maximum atomic E-state index is 3.59. The molecule has 2 aromatic rings. The van der Waals surface area contributed by atoms with Crippen molar-refractivity contribution in [2.24, 2.45) is 0 Å². The zero-order valence-electron chi connectivity index (χ0n) is 12.4. The van der Waals surface area contributed by atoms with Crippen LogP contribution in [-0.4, -0.2) is 10.9 Å². The molecular formula is C19H22N2. The van der Waals surface area contributed by atoms with E-state index in [1.54, 1.807) is 0 Å². The summed E-state index contributed by atoms with van der Waals surface area (Å²) in [5, 5.41) is 3.59. The molecule has 1 N–H and O–H groups in total. The van der Waals surface area contributed by atoms with Gasteiger partial charge in [0, 0.05) is 32.2 Å². The molecule has 0 aromatic heterocycles. The predicted octanol–water partition coefficient (Wildman–Crippen LogP) is 3.45. The fourth-order valence-electron chi connectivity index (χ4n) is 3.16. The topological polar surface area (TPSA) is 15.3 Å². The Bertz CT molecular complexity index is 606. The van der Waals surface area contributed by atoms with Gasteiger partial charge in [-0.25, -0.2) is 0 Å². The Morgan fingerprint density at radius 1 is 0.905 bits per heavy atom. The SMILES string of the molecule is c1cc(CNC2CC2)cc(CN2Cc3ccccc3C2)c1. The van der Waals surface area contributed by atoms with Gasteiger partial charge in [-0.15, -0.1) is 0 Å². The first-order chi connectivity index (χ1) is 10.4. The molecule has 1 aliphatic carbocycles. The monoisotopic (exact) mass is 278 g/mol. The Balaban J connectivity index is 1.39. The first-order valence-electron chi connectivity index (χ1n) is 7.97. The van der Waals surface area contributed by atoms with Crippen molar-refractivity contribution in [3.05, 3.63) is 70.8 Å². The average molecular weight is 278 g/mol. The minimum atomic E-state index is 0.779. The third kappa shape index (κ3) is 3.17. The average Bonchev–Trinajstić information content (AvgIpc) is 3.24. The quantitative estimate of drug-likeness (QED) is 0.901. The molecule has 0 unspecified atom stereocenters. The van der Waals surface area contributed by atoms with Crippen LogP contribution < -0.4 is 5.32 Å². The van der Waals surface area contributed by atoms with Gasteiger partial charge in [0.2, 0.25) is 0 Å². The zero-order chi connectivity index (χ0) is 14.1. The summed E-state index contributed by atoms with van der Waals surface area (Å²) in [5.41, 5.74) is 5.82. The highest BCUT2D eigenvalue weighted by Gasteiger charge is 2.20. The first-order valence-corrected chi connectivity index (χ1v) is 7.97. The fourth-order valence-corrected chi connectivity index (χ4v) is 3.16. The maximum absolute atomic E-state index is 3.59. The van der Waals surface area contributed by atoms with Gasteiger partial charge in [0.05, 0.1) is 0 Å². The lowest BCUT2D eigenvalue weighted by atomic mass is 10.1. The van der Waals surface area contributed by atoms with Crippen LogP contribution >= 0.6 is 0 Å². The molecule has 1 heterocycles. The van der Waals surface area contributed by atoms with E-state index in [0.29, 0.717) is 0 Å². The summed E-state index contributed by atoms with van der Waals surface area (Å²) in [6.45, 7) is 4.23. The molecule has 4 rings (SSSR count). The third-order valence-electron chi connectivity index (χ3n) is 4.48. The summed E-state index contributed by atoms with van der Waals surface area (Å²) in [5.74, 6) is 0. The van der Waals surface area contributed by atoms with E-state index in [1.807, 2.05) is 0 Å². The second-order valence-corrected chi connectivity index (χ2v) is 6.39. The van der Waals surface area contributed by atoms with Crippen LogP contribution in [0.4, 0.5) is 0 Å². The van der Waals surface area contributed by atoms with Gasteiger partial charge in [-0.2, -0.15) is 0 Å². The summed E-state index contributed by atoms with van der Waals surface area (Å²) in [7, 11) is 0. The summed E-state index contributed by atoms with van der Waals surface area (Å²) < 4.78 is 0. The highest BCUT2D eigenvalue weighted by molar-refractivity contribution is 5.31. The number of nitrogens with one attached hydrogen (secondary N) is 1. The molecule has 2 heteroatoms. The molecule has 0 saturated heterocycles. The van der Waals surface area contributed by atoms with E-state index in [0.717, 1.165) is 32.2 Å². The minimum absolute atomic E-state index is 0.779. The van der Waals surface area contributed by atoms with E-state index < -0.39 is 0 Å². The summed E-state index contributed by atoms with van der Waals surface area (Å²) in [4.78, 5) is 2.53. The van der Waals surface area contributed by atoms with E-state index in [1.165, 1.54) is 35.1 Å². The largest absolute Gasteiger partial charge is 0.310 e. The van der Waals surface area contributed by atoms with Crippen molar-refractivity contribution in [2.45, 2.75) is 45.1 Å². The van der Waals surface area contributed by atoms with Crippen LogP contribution in [0.2, 0.25) is 0 Å². The maximum Gasteiger partial charge on any atom is 0.0244 e. The fraction of sp³-hybridized carbons (Fsp3) is 0.368. The van der Waals surface area contributed by atoms with Gasteiger partial charge in [-0.1, -0.05) is 48.5 Å². The van der Waals surface area contributed by atoms with Crippen LogP contribution in [0, 0.1) is 0 Å². The van der Waals surface area contributed by atoms with Crippen LogP contribution in [0.3, 0.4) is 0 Å². The Kier molecular flexibility index (Phi) is 3.50. The van der Waals surface area contributed by atoms with Gasteiger partial charge in [0.15, 0.2) is 0 Å². The van der Waals surface area contributed by atoms with Crippen LogP contribution in [0.1, 0.15) is 35.1 Å². The number of nitrogens with zero attached hydrogens (tertiary/aromatic N) is 1. The molecule has 2 aliphatic rings. The highest BCUT2D eigenvalue weighted by atomic mass is 15.1. The molecule has 0 bridgehead atoms. The molecular weight excluding hydrogens is 256 g/mol. The summed E-state index contributed by atoms with van der Waals surface area (Å²) in [6.07, 6.45) is 2.71. The molecule has 1 aliphatic heterocycles. The van der Waals surface area contributed by atoms with Crippen molar-refractivity contribution in [1.82, 2.24) is 10.2 Å². The van der Waals surface area contributed by atoms with Gasteiger partial charge >= 0.3 is 0 Å². The molecule has 0 atom stereocenters. The van der Waals surface area contributed by atoms with Gasteiger partial charge in [0.25, 0.3) is 0 Å². The molecule has 21 heavy (non-hydrogen) atoms. The van der Waals surface area contributed by atoms with Crippen molar-refractivity contribution >= 4 is 0 Å². The summed E-state index contributed by atoms with van der Waals surface area (Å²) in [6, 6.07) is 18.6. The van der Waals surface area contributed by atoms with Crippen LogP contribution in [0.5, 0.6) is 0 Å². The van der Waals surface area contributed by atoms with E-state index >= 15 is 0 Å². The van der Waals surface area contributed by atoms with E-state index in [9.17, 15) is 0 Å². The minimum Gasteiger partial charge on any atom is -0.310 e. The lowest BCUT2D eigenvalue weighted by Crippen LogP contribution is -2.17. The zero-order valence-corrected chi connectivity index (χ0v) is 12.4. The van der Waals surface area contributed by atoms with Crippen LogP contribution in [-0.2, 0) is 26.2 Å². The van der Waals surface area contributed by atoms with E-state index in [-0.39, 0.29) is 0 Å². The molecule has 108 valence electrons. The molecule has 1 fully saturated rings. The number of hydrogen-bond donors (Lipinski definition) is 1. The number of rotatable bonds is 5. The van der Waals surface area contributed by atoms with Crippen molar-refractivity contribution < 1.29 is 0 Å². The second-order valence-electron chi connectivity index (χ2n) is 6.39. The van der Waals surface area contributed by atoms with Crippen LogP contribution in [0.15, 0.2) is 48.5 Å². The molecule has 0 radical (unpaired) electrons. The third-order valence-corrected chi connectivity index (χ3v) is 4.48. The number of benzene rings is 2. The first kappa shape index (κ1) is 13.1. The summed E-state index contributed by atoms with van der Waals surface area (Å²) >= 11 is 0. The van der Waals surface area contributed by atoms with Crippen molar-refractivity contribution in [1.29, 1.82) is 0 Å². The van der Waals surface area contributed by atoms with Gasteiger partial charge in [-0.05, 0) is 35.1 Å². The smallest absolute Gasteiger partial charge is 0.0244 e. The Morgan fingerprint density at radius 3 is 2.33 bits per heavy atom. The van der Waals surface area contributed by atoms with E-state index in [4.69, 9.17) is 0 Å².